The highest BCUT2D eigenvalue weighted by molar-refractivity contribution is 5.94. The van der Waals surface area contributed by atoms with Gasteiger partial charge in [0.1, 0.15) is 23.9 Å². The van der Waals surface area contributed by atoms with Crippen molar-refractivity contribution in [1.82, 2.24) is 16.0 Å². The van der Waals surface area contributed by atoms with E-state index in [-0.39, 0.29) is 30.4 Å². The highest BCUT2D eigenvalue weighted by Crippen LogP contribution is 2.13. The van der Waals surface area contributed by atoms with Crippen molar-refractivity contribution in [2.24, 2.45) is 17.6 Å². The first-order valence-electron chi connectivity index (χ1n) is 12.1. The molecule has 0 saturated heterocycles. The van der Waals surface area contributed by atoms with Crippen LogP contribution < -0.4 is 21.7 Å². The maximum Gasteiger partial charge on any atom is 0.326 e. The normalized spacial score (nSPS) is 16.2. The summed E-state index contributed by atoms with van der Waals surface area (Å²) >= 11 is 0. The van der Waals surface area contributed by atoms with Crippen LogP contribution in [0.4, 0.5) is 0 Å². The molecule has 11 nitrogen and oxygen atoms in total. The lowest BCUT2D eigenvalue weighted by atomic mass is 9.98. The van der Waals surface area contributed by atoms with Crippen molar-refractivity contribution in [2.75, 3.05) is 0 Å². The monoisotopic (exact) mass is 508 g/mol. The predicted molar refractivity (Wildman–Crippen MR) is 134 cm³/mol. The molecule has 6 unspecified atom stereocenters. The van der Waals surface area contributed by atoms with E-state index in [1.165, 1.54) is 19.1 Å². The van der Waals surface area contributed by atoms with Crippen molar-refractivity contribution < 1.29 is 34.5 Å². The van der Waals surface area contributed by atoms with Gasteiger partial charge in [-0.1, -0.05) is 46.2 Å². The van der Waals surface area contributed by atoms with Gasteiger partial charge in [0.05, 0.1) is 12.1 Å². The molecule has 1 aromatic rings. The number of phenols is 1. The molecule has 0 aliphatic rings. The van der Waals surface area contributed by atoms with E-state index >= 15 is 0 Å². The van der Waals surface area contributed by atoms with Crippen LogP contribution in [0.15, 0.2) is 24.3 Å². The van der Waals surface area contributed by atoms with E-state index in [0.29, 0.717) is 12.0 Å². The van der Waals surface area contributed by atoms with Crippen LogP contribution in [-0.2, 0) is 25.6 Å². The van der Waals surface area contributed by atoms with Gasteiger partial charge < -0.3 is 37.0 Å². The Balaban J connectivity index is 3.12. The summed E-state index contributed by atoms with van der Waals surface area (Å²) in [5, 5.41) is 36.6. The number of carbonyl (C=O) groups excluding carboxylic acids is 3. The molecule has 1 aromatic carbocycles. The van der Waals surface area contributed by atoms with Crippen molar-refractivity contribution in [3.63, 3.8) is 0 Å². The molecule has 6 atom stereocenters. The first-order valence-corrected chi connectivity index (χ1v) is 12.1. The summed E-state index contributed by atoms with van der Waals surface area (Å²) in [4.78, 5) is 50.3. The van der Waals surface area contributed by atoms with E-state index in [1.807, 2.05) is 13.8 Å². The first-order chi connectivity index (χ1) is 16.8. The molecule has 0 aromatic heterocycles. The highest BCUT2D eigenvalue weighted by Gasteiger charge is 2.33. The summed E-state index contributed by atoms with van der Waals surface area (Å²) in [7, 11) is 0. The number of phenolic OH excluding ortho intramolecular Hbond substituents is 1. The Kier molecular flexibility index (Phi) is 12.3. The molecule has 0 saturated carbocycles. The van der Waals surface area contributed by atoms with E-state index < -0.39 is 54.0 Å². The molecule has 0 aliphatic heterocycles. The molecule has 8 N–H and O–H groups in total. The number of aliphatic hydroxyl groups excluding tert-OH is 1. The third kappa shape index (κ3) is 9.82. The molecule has 0 aliphatic carbocycles. The number of rotatable bonds is 14. The second-order valence-electron chi connectivity index (χ2n) is 9.60. The van der Waals surface area contributed by atoms with Crippen molar-refractivity contribution in [3.05, 3.63) is 29.8 Å². The second-order valence-corrected chi connectivity index (χ2v) is 9.60. The van der Waals surface area contributed by atoms with Crippen LogP contribution in [0.3, 0.4) is 0 Å². The SMILES string of the molecule is CCC(C)C(N)C(=O)NC(Cc1ccc(O)cc1)C(=O)NC(C(=O)NC(CC(C)C)C(=O)O)C(C)O. The number of nitrogens with one attached hydrogen (secondary N) is 3. The third-order valence-corrected chi connectivity index (χ3v) is 5.95. The fourth-order valence-electron chi connectivity index (χ4n) is 3.47. The number of aliphatic carboxylic acids is 1. The zero-order valence-corrected chi connectivity index (χ0v) is 21.5. The fourth-order valence-corrected chi connectivity index (χ4v) is 3.47. The van der Waals surface area contributed by atoms with Crippen LogP contribution in [0.25, 0.3) is 0 Å². The standard InChI is InChI=1S/C25H40N4O7/c1-6-14(4)20(26)23(33)27-18(12-16-7-9-17(31)10-8-16)22(32)29-21(15(5)30)24(34)28-19(25(35)36)11-13(2)3/h7-10,13-15,18-21,30-31H,6,11-12,26H2,1-5H3,(H,27,33)(H,28,34)(H,29,32)(H,35,36). The van der Waals surface area contributed by atoms with Crippen molar-refractivity contribution in [3.8, 4) is 5.75 Å². The molecule has 1 rings (SSSR count). The van der Waals surface area contributed by atoms with E-state index in [2.05, 4.69) is 16.0 Å². The number of aliphatic hydroxyl groups is 1. The summed E-state index contributed by atoms with van der Waals surface area (Å²) < 4.78 is 0. The molecule has 0 fully saturated rings. The lowest BCUT2D eigenvalue weighted by Gasteiger charge is -2.27. The summed E-state index contributed by atoms with van der Waals surface area (Å²) in [6, 6.07) is 1.35. The first kappa shape index (κ1) is 30.9. The Morgan fingerprint density at radius 1 is 0.889 bits per heavy atom. The summed E-state index contributed by atoms with van der Waals surface area (Å²) in [5.41, 5.74) is 6.63. The molecule has 0 bridgehead atoms. The zero-order chi connectivity index (χ0) is 27.6. The minimum absolute atomic E-state index is 0.0182. The average molecular weight is 509 g/mol. The average Bonchev–Trinajstić information content (AvgIpc) is 2.80. The number of benzene rings is 1. The number of hydrogen-bond donors (Lipinski definition) is 7. The topological polar surface area (TPSA) is 191 Å². The van der Waals surface area contributed by atoms with Gasteiger partial charge in [0.15, 0.2) is 0 Å². The van der Waals surface area contributed by atoms with Gasteiger partial charge in [-0.25, -0.2) is 4.79 Å². The molecule has 0 heterocycles. The van der Waals surface area contributed by atoms with E-state index in [4.69, 9.17) is 5.73 Å². The Morgan fingerprint density at radius 3 is 1.92 bits per heavy atom. The Morgan fingerprint density at radius 2 is 1.44 bits per heavy atom. The van der Waals surface area contributed by atoms with Crippen LogP contribution >= 0.6 is 0 Å². The molecule has 0 radical (unpaired) electrons. The minimum atomic E-state index is -1.46. The molecule has 36 heavy (non-hydrogen) atoms. The van der Waals surface area contributed by atoms with E-state index in [9.17, 15) is 34.5 Å². The molecular weight excluding hydrogens is 468 g/mol. The van der Waals surface area contributed by atoms with Gasteiger partial charge >= 0.3 is 5.97 Å². The Bertz CT molecular complexity index is 889. The maximum atomic E-state index is 13.2. The molecule has 3 amide bonds. The lowest BCUT2D eigenvalue weighted by Crippen LogP contribution is -2.60. The quantitative estimate of drug-likeness (QED) is 0.186. The third-order valence-electron chi connectivity index (χ3n) is 5.95. The summed E-state index contributed by atoms with van der Waals surface area (Å²) in [5.74, 6) is -3.55. The van der Waals surface area contributed by atoms with Crippen LogP contribution in [-0.4, -0.2) is 69.3 Å². The summed E-state index contributed by atoms with van der Waals surface area (Å²) in [6.07, 6.45) is -0.525. The largest absolute Gasteiger partial charge is 0.508 e. The Labute approximate surface area is 211 Å². The minimum Gasteiger partial charge on any atom is -0.508 e. The second kappa shape index (κ2) is 14.4. The van der Waals surface area contributed by atoms with Gasteiger partial charge in [0.2, 0.25) is 17.7 Å². The lowest BCUT2D eigenvalue weighted by molar-refractivity contribution is -0.143. The number of carboxylic acids is 1. The number of carboxylic acid groups (broad SMARTS) is 1. The number of nitrogens with two attached hydrogens (primary N) is 1. The van der Waals surface area contributed by atoms with Crippen molar-refractivity contribution >= 4 is 23.7 Å². The highest BCUT2D eigenvalue weighted by atomic mass is 16.4. The predicted octanol–water partition coefficient (Wildman–Crippen LogP) is 0.274. The molecule has 0 spiro atoms. The van der Waals surface area contributed by atoms with E-state index in [1.54, 1.807) is 26.0 Å². The number of carbonyl (C=O) groups is 4. The van der Waals surface area contributed by atoms with Crippen LogP contribution in [0.2, 0.25) is 0 Å². The van der Waals surface area contributed by atoms with Gasteiger partial charge in [-0.15, -0.1) is 0 Å². The molecular formula is C25H40N4O7. The smallest absolute Gasteiger partial charge is 0.326 e. The zero-order valence-electron chi connectivity index (χ0n) is 21.5. The van der Waals surface area contributed by atoms with Gasteiger partial charge in [-0.05, 0) is 42.9 Å². The molecule has 202 valence electrons. The van der Waals surface area contributed by atoms with Crippen LogP contribution in [0.5, 0.6) is 5.75 Å². The fraction of sp³-hybridized carbons (Fsp3) is 0.600. The van der Waals surface area contributed by atoms with Gasteiger partial charge in [0, 0.05) is 6.42 Å². The van der Waals surface area contributed by atoms with Crippen LogP contribution in [0.1, 0.15) is 53.0 Å². The number of hydrogen-bond acceptors (Lipinski definition) is 7. The van der Waals surface area contributed by atoms with Gasteiger partial charge in [-0.3, -0.25) is 14.4 Å². The summed E-state index contributed by atoms with van der Waals surface area (Å²) in [6.45, 7) is 8.58. The van der Waals surface area contributed by atoms with E-state index in [0.717, 1.165) is 0 Å². The number of amides is 3. The van der Waals surface area contributed by atoms with Crippen molar-refractivity contribution in [2.45, 2.75) is 84.2 Å². The number of aromatic hydroxyl groups is 1. The van der Waals surface area contributed by atoms with Gasteiger partial charge in [0.25, 0.3) is 0 Å². The van der Waals surface area contributed by atoms with Crippen molar-refractivity contribution in [1.29, 1.82) is 0 Å². The molecule has 11 heteroatoms. The Hall–Kier alpha value is -3.18. The maximum absolute atomic E-state index is 13.2. The van der Waals surface area contributed by atoms with Crippen LogP contribution in [0, 0.1) is 11.8 Å². The van der Waals surface area contributed by atoms with Gasteiger partial charge in [-0.2, -0.15) is 0 Å².